The van der Waals surface area contributed by atoms with Crippen LogP contribution in [0.25, 0.3) is 0 Å². The fourth-order valence-corrected chi connectivity index (χ4v) is 4.39. The molecule has 2 bridgehead atoms. The first-order chi connectivity index (χ1) is 11.7. The Morgan fingerprint density at radius 2 is 1.92 bits per heavy atom. The van der Waals surface area contributed by atoms with Gasteiger partial charge in [0.1, 0.15) is 5.75 Å². The van der Waals surface area contributed by atoms with Gasteiger partial charge in [0.25, 0.3) is 5.91 Å². The second kappa shape index (κ2) is 6.75. The maximum Gasteiger partial charge on any atom is 0.261 e. The van der Waals surface area contributed by atoms with Crippen LogP contribution in [0.1, 0.15) is 22.5 Å². The Kier molecular flexibility index (Phi) is 4.48. The summed E-state index contributed by atoms with van der Waals surface area (Å²) < 4.78 is 5.78. The van der Waals surface area contributed by atoms with Crippen molar-refractivity contribution in [2.45, 2.75) is 18.9 Å². The lowest BCUT2D eigenvalue weighted by atomic mass is 9.84. The van der Waals surface area contributed by atoms with Crippen molar-refractivity contribution >= 4 is 28.8 Å². The van der Waals surface area contributed by atoms with E-state index in [0.29, 0.717) is 26.6 Å². The molecule has 0 unspecified atom stereocenters. The number of hydrogen-bond acceptors (Lipinski definition) is 4. The number of rotatable bonds is 4. The summed E-state index contributed by atoms with van der Waals surface area (Å²) in [7, 11) is 0. The topological polar surface area (TPSA) is 41.6 Å². The minimum Gasteiger partial charge on any atom is -0.447 e. The number of hydrogen-bond donors (Lipinski definition) is 1. The Hall–Kier alpha value is -1.56. The van der Waals surface area contributed by atoms with Crippen molar-refractivity contribution in [2.24, 2.45) is 5.92 Å². The van der Waals surface area contributed by atoms with Crippen molar-refractivity contribution in [1.82, 2.24) is 10.2 Å². The van der Waals surface area contributed by atoms with Crippen molar-refractivity contribution in [3.8, 4) is 10.8 Å². The summed E-state index contributed by atoms with van der Waals surface area (Å²) in [5.41, 5.74) is 0. The minimum absolute atomic E-state index is 0.00436. The van der Waals surface area contributed by atoms with Crippen molar-refractivity contribution in [3.05, 3.63) is 46.3 Å². The predicted octanol–water partition coefficient (Wildman–Crippen LogP) is 4.02. The molecular formula is C18H19ClN2O2S. The molecule has 4 nitrogen and oxygen atoms in total. The number of nitrogens with one attached hydrogen (secondary N) is 1. The van der Waals surface area contributed by atoms with Gasteiger partial charge in [-0.25, -0.2) is 0 Å². The van der Waals surface area contributed by atoms with Gasteiger partial charge in [0.15, 0.2) is 5.06 Å². The number of carbonyl (C=O) groups is 1. The highest BCUT2D eigenvalue weighted by molar-refractivity contribution is 7.15. The molecule has 0 radical (unpaired) electrons. The second-order valence-corrected chi connectivity index (χ2v) is 7.88. The van der Waals surface area contributed by atoms with Crippen LogP contribution in [0.3, 0.4) is 0 Å². The molecule has 3 fully saturated rings. The van der Waals surface area contributed by atoms with Crippen LogP contribution < -0.4 is 10.1 Å². The van der Waals surface area contributed by atoms with Crippen molar-refractivity contribution in [3.63, 3.8) is 0 Å². The molecule has 4 heterocycles. The summed E-state index contributed by atoms with van der Waals surface area (Å²) in [4.78, 5) is 15.6. The summed E-state index contributed by atoms with van der Waals surface area (Å²) in [6, 6.07) is 11.1. The number of halogens is 1. The monoisotopic (exact) mass is 362 g/mol. The zero-order valence-electron chi connectivity index (χ0n) is 13.2. The molecule has 2 aromatic rings. The van der Waals surface area contributed by atoms with Gasteiger partial charge in [-0.3, -0.25) is 4.79 Å². The van der Waals surface area contributed by atoms with Crippen molar-refractivity contribution in [2.75, 3.05) is 19.6 Å². The Balaban J connectivity index is 1.39. The lowest BCUT2D eigenvalue weighted by molar-refractivity contribution is 0.0622. The number of piperidine rings is 3. The number of benzene rings is 1. The molecule has 5 rings (SSSR count). The lowest BCUT2D eigenvalue weighted by Crippen LogP contribution is -2.57. The molecule has 3 aliphatic rings. The number of carbonyl (C=O) groups excluding carboxylic acids is 1. The minimum atomic E-state index is 0.00436. The van der Waals surface area contributed by atoms with Crippen LogP contribution in [0.2, 0.25) is 5.02 Å². The van der Waals surface area contributed by atoms with Gasteiger partial charge in [0, 0.05) is 17.6 Å². The Morgan fingerprint density at radius 3 is 2.58 bits per heavy atom. The lowest BCUT2D eigenvalue weighted by Gasteiger charge is -2.44. The van der Waals surface area contributed by atoms with E-state index in [2.05, 4.69) is 10.2 Å². The summed E-state index contributed by atoms with van der Waals surface area (Å²) in [6.07, 6.45) is 2.39. The van der Waals surface area contributed by atoms with Crippen molar-refractivity contribution in [1.29, 1.82) is 0 Å². The first-order valence-electron chi connectivity index (χ1n) is 8.24. The number of amides is 1. The maximum absolute atomic E-state index is 12.5. The Labute approximate surface area is 150 Å². The van der Waals surface area contributed by atoms with Gasteiger partial charge in [-0.1, -0.05) is 22.9 Å². The van der Waals surface area contributed by atoms with Gasteiger partial charge in [-0.05, 0) is 68.2 Å². The molecule has 0 saturated carbocycles. The van der Waals surface area contributed by atoms with Crippen LogP contribution in [-0.4, -0.2) is 36.5 Å². The largest absolute Gasteiger partial charge is 0.447 e. The highest BCUT2D eigenvalue weighted by atomic mass is 35.5. The van der Waals surface area contributed by atoms with Crippen molar-refractivity contribution < 1.29 is 9.53 Å². The van der Waals surface area contributed by atoms with E-state index >= 15 is 0 Å². The van der Waals surface area contributed by atoms with Gasteiger partial charge in [0.2, 0.25) is 0 Å². The third-order valence-electron chi connectivity index (χ3n) is 4.81. The van der Waals surface area contributed by atoms with Gasteiger partial charge >= 0.3 is 0 Å². The van der Waals surface area contributed by atoms with Gasteiger partial charge in [0.05, 0.1) is 4.88 Å². The highest BCUT2D eigenvalue weighted by Crippen LogP contribution is 2.31. The molecule has 3 aliphatic heterocycles. The molecule has 1 N–H and O–H groups in total. The number of nitrogens with zero attached hydrogens (tertiary/aromatic N) is 1. The number of thiophene rings is 1. The highest BCUT2D eigenvalue weighted by Gasteiger charge is 2.35. The van der Waals surface area contributed by atoms with E-state index in [1.807, 2.05) is 24.3 Å². The number of ether oxygens (including phenoxy) is 1. The quantitative estimate of drug-likeness (QED) is 0.893. The van der Waals surface area contributed by atoms with E-state index in [9.17, 15) is 4.79 Å². The molecule has 0 spiro atoms. The molecule has 6 heteroatoms. The van der Waals surface area contributed by atoms with Crippen LogP contribution in [-0.2, 0) is 0 Å². The smallest absolute Gasteiger partial charge is 0.261 e. The standard InChI is InChI=1S/C18H19ClN2O2S/c19-13-1-3-14(4-2-13)23-17-6-5-16(24-17)18(22)20-15-11-21-9-7-12(15)8-10-21/h1-6,12,15H,7-11H2,(H,20,22)/t15-/m0/s1. The summed E-state index contributed by atoms with van der Waals surface area (Å²) >= 11 is 7.24. The normalized spacial score (nSPS) is 25.5. The summed E-state index contributed by atoms with van der Waals surface area (Å²) in [5.74, 6) is 1.35. The fourth-order valence-electron chi connectivity index (χ4n) is 3.48. The third-order valence-corrected chi connectivity index (χ3v) is 6.02. The van der Waals surface area contributed by atoms with E-state index in [1.54, 1.807) is 12.1 Å². The van der Waals surface area contributed by atoms with E-state index in [-0.39, 0.29) is 11.9 Å². The average Bonchev–Trinajstić information content (AvgIpc) is 3.07. The third kappa shape index (κ3) is 3.43. The first-order valence-corrected chi connectivity index (χ1v) is 9.43. The molecule has 1 amide bonds. The van der Waals surface area contributed by atoms with Crippen LogP contribution in [0, 0.1) is 5.92 Å². The van der Waals surface area contributed by atoms with Crippen LogP contribution in [0.15, 0.2) is 36.4 Å². The maximum atomic E-state index is 12.5. The summed E-state index contributed by atoms with van der Waals surface area (Å²) in [5, 5.41) is 4.59. The van der Waals surface area contributed by atoms with Gasteiger partial charge in [-0.2, -0.15) is 0 Å². The molecule has 24 heavy (non-hydrogen) atoms. The first kappa shape index (κ1) is 15.9. The van der Waals surface area contributed by atoms with E-state index in [1.165, 1.54) is 37.3 Å². The SMILES string of the molecule is O=C(N[C@H]1CN2CCC1CC2)c1ccc(Oc2ccc(Cl)cc2)s1. The van der Waals surface area contributed by atoms with Crippen LogP contribution in [0.5, 0.6) is 10.8 Å². The van der Waals surface area contributed by atoms with E-state index in [0.717, 1.165) is 6.54 Å². The fraction of sp³-hybridized carbons (Fsp3) is 0.389. The van der Waals surface area contributed by atoms with Crippen LogP contribution >= 0.6 is 22.9 Å². The number of fused-ring (bicyclic) bond motifs is 3. The predicted molar refractivity (Wildman–Crippen MR) is 96.3 cm³/mol. The van der Waals surface area contributed by atoms with E-state index < -0.39 is 0 Å². The summed E-state index contributed by atoms with van der Waals surface area (Å²) in [6.45, 7) is 3.33. The average molecular weight is 363 g/mol. The Bertz CT molecular complexity index is 723. The zero-order chi connectivity index (χ0) is 16.5. The molecular weight excluding hydrogens is 344 g/mol. The molecule has 1 aromatic carbocycles. The van der Waals surface area contributed by atoms with E-state index in [4.69, 9.17) is 16.3 Å². The van der Waals surface area contributed by atoms with Crippen LogP contribution in [0.4, 0.5) is 0 Å². The van der Waals surface area contributed by atoms with Gasteiger partial charge in [-0.15, -0.1) is 0 Å². The Morgan fingerprint density at radius 1 is 1.17 bits per heavy atom. The molecule has 1 atom stereocenters. The molecule has 3 saturated heterocycles. The molecule has 126 valence electrons. The van der Waals surface area contributed by atoms with Gasteiger partial charge < -0.3 is 15.0 Å². The molecule has 1 aromatic heterocycles. The zero-order valence-corrected chi connectivity index (χ0v) is 14.8. The second-order valence-electron chi connectivity index (χ2n) is 6.39. The molecule has 0 aliphatic carbocycles.